The predicted molar refractivity (Wildman–Crippen MR) is 80.5 cm³/mol. The number of Topliss-reactive ketones (excluding diaryl/α,β-unsaturated/α-hetero) is 1. The van der Waals surface area contributed by atoms with Gasteiger partial charge in [-0.25, -0.2) is 0 Å². The summed E-state index contributed by atoms with van der Waals surface area (Å²) in [6.07, 6.45) is 3.13. The molecule has 1 rings (SSSR count). The second-order valence-electron chi connectivity index (χ2n) is 4.56. The number of carbonyl (C=O) groups is 1. The van der Waals surface area contributed by atoms with E-state index in [1.54, 1.807) is 0 Å². The molecule has 1 aromatic carbocycles. The fourth-order valence-corrected chi connectivity index (χ4v) is 1.88. The Kier molecular flexibility index (Phi) is 9.67. The summed E-state index contributed by atoms with van der Waals surface area (Å²) in [5.74, 6) is 0.217. The van der Waals surface area contributed by atoms with E-state index in [2.05, 4.69) is 20.8 Å². The Morgan fingerprint density at radius 2 is 1.67 bits per heavy atom. The van der Waals surface area contributed by atoms with Crippen molar-refractivity contribution in [3.8, 4) is 0 Å². The van der Waals surface area contributed by atoms with Crippen molar-refractivity contribution in [2.45, 2.75) is 52.9 Å². The van der Waals surface area contributed by atoms with Gasteiger partial charge in [0.15, 0.2) is 5.78 Å². The fraction of sp³-hybridized carbons (Fsp3) is 0.562. The maximum atomic E-state index is 11.7. The van der Waals surface area contributed by atoms with Gasteiger partial charge in [0.2, 0.25) is 0 Å². The molecule has 0 saturated heterocycles. The third-order valence-corrected chi connectivity index (χ3v) is 2.84. The molecule has 0 fully saturated rings. The average Bonchev–Trinajstić information content (AvgIpc) is 2.37. The van der Waals surface area contributed by atoms with Gasteiger partial charge in [-0.15, -0.1) is 11.6 Å². The molecular weight excluding hydrogens is 244 g/mol. The van der Waals surface area contributed by atoms with Gasteiger partial charge in [0.25, 0.3) is 0 Å². The summed E-state index contributed by atoms with van der Waals surface area (Å²) in [7, 11) is 0. The molecule has 1 atom stereocenters. The Balaban J connectivity index is 0.000000873. The van der Waals surface area contributed by atoms with Crippen LogP contribution in [0, 0.1) is 6.92 Å². The lowest BCUT2D eigenvalue weighted by molar-refractivity contribution is -0.118. The maximum absolute atomic E-state index is 11.7. The molecule has 102 valence electrons. The van der Waals surface area contributed by atoms with Crippen LogP contribution in [0.5, 0.6) is 0 Å². The number of benzene rings is 1. The van der Waals surface area contributed by atoms with Crippen LogP contribution < -0.4 is 0 Å². The van der Waals surface area contributed by atoms with Crippen LogP contribution >= 0.6 is 11.6 Å². The van der Waals surface area contributed by atoms with Crippen molar-refractivity contribution in [3.63, 3.8) is 0 Å². The minimum absolute atomic E-state index is 0.0203. The van der Waals surface area contributed by atoms with E-state index in [-0.39, 0.29) is 17.6 Å². The van der Waals surface area contributed by atoms with Crippen LogP contribution in [0.3, 0.4) is 0 Å². The first-order chi connectivity index (χ1) is 8.60. The Hall–Kier alpha value is -0.820. The molecule has 0 bridgehead atoms. The summed E-state index contributed by atoms with van der Waals surface area (Å²) in [5, 5.41) is 0. The Bertz CT molecular complexity index is 329. The molecule has 0 saturated carbocycles. The van der Waals surface area contributed by atoms with Gasteiger partial charge in [-0.05, 0) is 18.9 Å². The van der Waals surface area contributed by atoms with Gasteiger partial charge < -0.3 is 0 Å². The zero-order valence-corrected chi connectivity index (χ0v) is 12.8. The van der Waals surface area contributed by atoms with Gasteiger partial charge in [-0.1, -0.05) is 63.4 Å². The highest BCUT2D eigenvalue weighted by Crippen LogP contribution is 2.23. The number of hydrogen-bond acceptors (Lipinski definition) is 1. The van der Waals surface area contributed by atoms with Crippen LogP contribution in [0.1, 0.15) is 57.1 Å². The molecule has 2 heteroatoms. The number of halogens is 1. The molecule has 0 amide bonds. The summed E-state index contributed by atoms with van der Waals surface area (Å²) in [6.45, 7) is 8.38. The van der Waals surface area contributed by atoms with Crippen LogP contribution in [0.4, 0.5) is 0 Å². The lowest BCUT2D eigenvalue weighted by atomic mass is 9.91. The predicted octanol–water partition coefficient (Wildman–Crippen LogP) is 5.10. The molecule has 1 nitrogen and oxygen atoms in total. The third kappa shape index (κ3) is 6.20. The van der Waals surface area contributed by atoms with Crippen LogP contribution in [0.15, 0.2) is 24.3 Å². The van der Waals surface area contributed by atoms with Gasteiger partial charge >= 0.3 is 0 Å². The molecule has 1 unspecified atom stereocenters. The highest BCUT2D eigenvalue weighted by molar-refractivity contribution is 6.28. The number of ketones is 1. The van der Waals surface area contributed by atoms with E-state index >= 15 is 0 Å². The van der Waals surface area contributed by atoms with Crippen molar-refractivity contribution >= 4 is 17.4 Å². The first-order valence-electron chi connectivity index (χ1n) is 6.75. The zero-order chi connectivity index (χ0) is 14.0. The van der Waals surface area contributed by atoms with Gasteiger partial charge in [0.05, 0.1) is 5.88 Å². The topological polar surface area (TPSA) is 17.1 Å². The first kappa shape index (κ1) is 17.2. The van der Waals surface area contributed by atoms with Crippen molar-refractivity contribution in [3.05, 3.63) is 35.4 Å². The van der Waals surface area contributed by atoms with E-state index < -0.39 is 0 Å². The van der Waals surface area contributed by atoms with Crippen molar-refractivity contribution in [1.29, 1.82) is 0 Å². The van der Waals surface area contributed by atoms with E-state index in [0.717, 1.165) is 18.4 Å². The third-order valence-electron chi connectivity index (χ3n) is 2.58. The Labute approximate surface area is 117 Å². The van der Waals surface area contributed by atoms with Crippen LogP contribution in [-0.2, 0) is 4.79 Å². The molecular formula is C16H25ClO. The van der Waals surface area contributed by atoms with Crippen LogP contribution in [0.25, 0.3) is 0 Å². The van der Waals surface area contributed by atoms with Gasteiger partial charge in [-0.2, -0.15) is 0 Å². The van der Waals surface area contributed by atoms with E-state index in [1.807, 2.05) is 31.2 Å². The minimum atomic E-state index is -0.0203. The molecule has 18 heavy (non-hydrogen) atoms. The second-order valence-corrected chi connectivity index (χ2v) is 4.83. The molecule has 1 aromatic rings. The standard InChI is InChI=1S/C13H17ClO.C3H8/c1-3-4-12(13(15)9-14)11-7-5-10(2)6-8-11;1-3-2/h5-8,12H,3-4,9H2,1-2H3;3H2,1-2H3. The molecule has 0 spiro atoms. The van der Waals surface area contributed by atoms with Crippen molar-refractivity contribution in [1.82, 2.24) is 0 Å². The summed E-state index contributed by atoms with van der Waals surface area (Å²) in [5.41, 5.74) is 2.31. The highest BCUT2D eigenvalue weighted by atomic mass is 35.5. The largest absolute Gasteiger partial charge is 0.298 e. The van der Waals surface area contributed by atoms with E-state index in [4.69, 9.17) is 11.6 Å². The number of aryl methyl sites for hydroxylation is 1. The van der Waals surface area contributed by atoms with Gasteiger partial charge in [0, 0.05) is 5.92 Å². The van der Waals surface area contributed by atoms with E-state index in [9.17, 15) is 4.79 Å². The van der Waals surface area contributed by atoms with Gasteiger partial charge in [-0.3, -0.25) is 4.79 Å². The molecule has 0 N–H and O–H groups in total. The molecule has 0 aliphatic carbocycles. The van der Waals surface area contributed by atoms with E-state index in [1.165, 1.54) is 12.0 Å². The fourth-order valence-electron chi connectivity index (χ4n) is 1.69. The second kappa shape index (κ2) is 10.1. The normalized spacial score (nSPS) is 11.4. The number of rotatable bonds is 5. The Morgan fingerprint density at radius 1 is 1.17 bits per heavy atom. The summed E-state index contributed by atoms with van der Waals surface area (Å²) >= 11 is 5.61. The zero-order valence-electron chi connectivity index (χ0n) is 12.0. The van der Waals surface area contributed by atoms with Crippen molar-refractivity contribution in [2.24, 2.45) is 0 Å². The summed E-state index contributed by atoms with van der Waals surface area (Å²) in [4.78, 5) is 11.7. The summed E-state index contributed by atoms with van der Waals surface area (Å²) in [6, 6.07) is 8.14. The molecule has 0 aliphatic heterocycles. The van der Waals surface area contributed by atoms with Crippen molar-refractivity contribution in [2.75, 3.05) is 5.88 Å². The molecule has 0 aliphatic rings. The lowest BCUT2D eigenvalue weighted by Crippen LogP contribution is -2.13. The first-order valence-corrected chi connectivity index (χ1v) is 7.29. The highest BCUT2D eigenvalue weighted by Gasteiger charge is 2.18. The van der Waals surface area contributed by atoms with E-state index in [0.29, 0.717) is 0 Å². The molecule has 0 heterocycles. The van der Waals surface area contributed by atoms with Crippen molar-refractivity contribution < 1.29 is 4.79 Å². The summed E-state index contributed by atoms with van der Waals surface area (Å²) < 4.78 is 0. The SMILES string of the molecule is CCC.CCCC(C(=O)CCl)c1ccc(C)cc1. The lowest BCUT2D eigenvalue weighted by Gasteiger charge is -2.14. The minimum Gasteiger partial charge on any atom is -0.298 e. The van der Waals surface area contributed by atoms with Crippen LogP contribution in [-0.4, -0.2) is 11.7 Å². The number of alkyl halides is 1. The van der Waals surface area contributed by atoms with Crippen LogP contribution in [0.2, 0.25) is 0 Å². The average molecular weight is 269 g/mol. The number of carbonyl (C=O) groups excluding carboxylic acids is 1. The van der Waals surface area contributed by atoms with Gasteiger partial charge in [0.1, 0.15) is 0 Å². The monoisotopic (exact) mass is 268 g/mol. The molecule has 0 aromatic heterocycles. The number of hydrogen-bond donors (Lipinski definition) is 0. The molecule has 0 radical (unpaired) electrons. The quantitative estimate of drug-likeness (QED) is 0.679. The smallest absolute Gasteiger partial charge is 0.155 e. The maximum Gasteiger partial charge on any atom is 0.155 e. The Morgan fingerprint density at radius 3 is 2.06 bits per heavy atom.